The van der Waals surface area contributed by atoms with Crippen LogP contribution in [-0.4, -0.2) is 38.1 Å². The van der Waals surface area contributed by atoms with Gasteiger partial charge in [0.2, 0.25) is 5.91 Å². The minimum absolute atomic E-state index is 0.170. The van der Waals surface area contributed by atoms with Gasteiger partial charge in [0.05, 0.1) is 16.2 Å². The van der Waals surface area contributed by atoms with Gasteiger partial charge in [-0.25, -0.2) is 4.79 Å². The third-order valence-corrected chi connectivity index (χ3v) is 7.54. The zero-order valence-electron chi connectivity index (χ0n) is 17.5. The van der Waals surface area contributed by atoms with Gasteiger partial charge >= 0.3 is 5.97 Å². The lowest BCUT2D eigenvalue weighted by Gasteiger charge is -2.46. The highest BCUT2D eigenvalue weighted by Crippen LogP contribution is 2.45. The number of carbonyl (C=O) groups is 3. The zero-order valence-corrected chi connectivity index (χ0v) is 19.9. The van der Waals surface area contributed by atoms with E-state index in [1.54, 1.807) is 51.1 Å². The van der Waals surface area contributed by atoms with Crippen molar-refractivity contribution in [3.8, 4) is 0 Å². The van der Waals surface area contributed by atoms with Crippen molar-refractivity contribution in [2.75, 3.05) is 5.75 Å². The summed E-state index contributed by atoms with van der Waals surface area (Å²) in [4.78, 5) is 39.6. The number of rotatable bonds is 8. The monoisotopic (exact) mass is 467 g/mol. The molecular formula is C22H26ClNO4S2. The summed E-state index contributed by atoms with van der Waals surface area (Å²) in [6.07, 6.45) is 2.34. The maximum atomic E-state index is 12.9. The number of carbonyl (C=O) groups excluding carboxylic acids is 2. The Labute approximate surface area is 190 Å². The Kier molecular flexibility index (Phi) is 8.25. The van der Waals surface area contributed by atoms with Crippen molar-refractivity contribution < 1.29 is 19.5 Å². The normalized spacial score (nSPS) is 19.8. The molecular weight excluding hydrogens is 442 g/mol. The largest absolute Gasteiger partial charge is 0.477 e. The number of nitrogens with zero attached hydrogens (tertiary/aromatic N) is 1. The van der Waals surface area contributed by atoms with Gasteiger partial charge in [0.25, 0.3) is 0 Å². The first-order chi connectivity index (χ1) is 14.0. The molecule has 0 saturated carbocycles. The molecule has 2 unspecified atom stereocenters. The Morgan fingerprint density at radius 1 is 1.27 bits per heavy atom. The Morgan fingerprint density at radius 3 is 2.33 bits per heavy atom. The molecule has 30 heavy (non-hydrogen) atoms. The van der Waals surface area contributed by atoms with Crippen LogP contribution < -0.4 is 0 Å². The minimum Gasteiger partial charge on any atom is -0.477 e. The lowest BCUT2D eigenvalue weighted by atomic mass is 9.94. The number of β-lactam (4-membered cyclic amide) rings is 1. The van der Waals surface area contributed by atoms with Gasteiger partial charge in [0.1, 0.15) is 5.70 Å². The van der Waals surface area contributed by atoms with Crippen molar-refractivity contribution >= 4 is 57.0 Å². The van der Waals surface area contributed by atoms with Crippen molar-refractivity contribution in [3.05, 3.63) is 53.2 Å². The van der Waals surface area contributed by atoms with Gasteiger partial charge in [-0.15, -0.1) is 18.3 Å². The number of carboxylic acids is 1. The molecule has 1 saturated heterocycles. The van der Waals surface area contributed by atoms with Crippen LogP contribution in [0.1, 0.15) is 39.7 Å². The van der Waals surface area contributed by atoms with Gasteiger partial charge in [-0.1, -0.05) is 57.5 Å². The summed E-state index contributed by atoms with van der Waals surface area (Å²) in [5, 5.41) is 10.1. The van der Waals surface area contributed by atoms with Crippen LogP contribution >= 0.6 is 35.1 Å². The number of hydrogen-bond donors (Lipinski definition) is 1. The molecule has 0 bridgehead atoms. The number of hydrogen-bond acceptors (Lipinski definition) is 5. The van der Waals surface area contributed by atoms with Crippen molar-refractivity contribution in [2.24, 2.45) is 11.3 Å². The number of likely N-dealkylation sites (tertiary alicyclic amines) is 1. The predicted molar refractivity (Wildman–Crippen MR) is 125 cm³/mol. The summed E-state index contributed by atoms with van der Waals surface area (Å²) in [6.45, 7) is 10.9. The number of thioether (sulfide) groups is 2. The fourth-order valence-corrected chi connectivity index (χ4v) is 5.28. The molecule has 2 rings (SSSR count). The summed E-state index contributed by atoms with van der Waals surface area (Å²) in [5.74, 6) is -1.17. The average molecular weight is 468 g/mol. The van der Waals surface area contributed by atoms with Gasteiger partial charge < -0.3 is 5.11 Å². The summed E-state index contributed by atoms with van der Waals surface area (Å²) in [5.41, 5.74) is -0.329. The second-order valence-corrected chi connectivity index (χ2v) is 10.4. The molecule has 0 aliphatic carbocycles. The Bertz CT molecular complexity index is 874. The molecule has 0 spiro atoms. The van der Waals surface area contributed by atoms with E-state index in [2.05, 4.69) is 6.58 Å². The van der Waals surface area contributed by atoms with E-state index in [1.807, 2.05) is 6.92 Å². The van der Waals surface area contributed by atoms with Crippen LogP contribution in [0.25, 0.3) is 4.91 Å². The first kappa shape index (κ1) is 24.6. The van der Waals surface area contributed by atoms with Crippen LogP contribution in [0.5, 0.6) is 0 Å². The van der Waals surface area contributed by atoms with E-state index in [4.69, 9.17) is 11.6 Å². The molecule has 1 heterocycles. The third-order valence-electron chi connectivity index (χ3n) is 4.55. The van der Waals surface area contributed by atoms with Crippen LogP contribution in [0.3, 0.4) is 0 Å². The summed E-state index contributed by atoms with van der Waals surface area (Å²) < 4.78 is 0. The second-order valence-electron chi connectivity index (χ2n) is 7.86. The summed E-state index contributed by atoms with van der Waals surface area (Å²) >= 11 is 8.32. The van der Waals surface area contributed by atoms with E-state index in [-0.39, 0.29) is 32.9 Å². The minimum atomic E-state index is -1.25. The molecule has 1 fully saturated rings. The molecule has 1 aliphatic heterocycles. The highest BCUT2D eigenvalue weighted by molar-refractivity contribution is 8.21. The van der Waals surface area contributed by atoms with Gasteiger partial charge in [-0.2, -0.15) is 0 Å². The summed E-state index contributed by atoms with van der Waals surface area (Å²) in [7, 11) is 0. The fourth-order valence-electron chi connectivity index (χ4n) is 2.90. The highest BCUT2D eigenvalue weighted by Gasteiger charge is 2.50. The Hall–Kier alpha value is -1.70. The number of amides is 1. The molecule has 1 amide bonds. The molecule has 2 atom stereocenters. The fraction of sp³-hybridized carbons (Fsp3) is 0.409. The number of benzene rings is 1. The van der Waals surface area contributed by atoms with Crippen LogP contribution in [0.2, 0.25) is 5.02 Å². The van der Waals surface area contributed by atoms with Crippen LogP contribution in [0.15, 0.2) is 42.6 Å². The maximum Gasteiger partial charge on any atom is 0.353 e. The zero-order chi connectivity index (χ0) is 22.6. The lowest BCUT2D eigenvalue weighted by Crippen LogP contribution is -2.59. The van der Waals surface area contributed by atoms with E-state index < -0.39 is 11.4 Å². The van der Waals surface area contributed by atoms with Crippen LogP contribution in [-0.2, 0) is 14.4 Å². The smallest absolute Gasteiger partial charge is 0.353 e. The second kappa shape index (κ2) is 10.1. The predicted octanol–water partition coefficient (Wildman–Crippen LogP) is 5.51. The first-order valence-corrected chi connectivity index (χ1v) is 11.8. The van der Waals surface area contributed by atoms with Crippen molar-refractivity contribution in [1.82, 2.24) is 4.90 Å². The van der Waals surface area contributed by atoms with Gasteiger partial charge in [-0.3, -0.25) is 14.5 Å². The molecule has 1 aromatic rings. The van der Waals surface area contributed by atoms with Crippen LogP contribution in [0.4, 0.5) is 0 Å². The van der Waals surface area contributed by atoms with E-state index in [0.717, 1.165) is 11.8 Å². The molecule has 0 radical (unpaired) electrons. The number of halogens is 1. The summed E-state index contributed by atoms with van der Waals surface area (Å²) in [6, 6.07) is 6.60. The van der Waals surface area contributed by atoms with Gasteiger partial charge in [0, 0.05) is 16.2 Å². The third kappa shape index (κ3) is 5.31. The Morgan fingerprint density at radius 2 is 1.87 bits per heavy atom. The SMILES string of the molecule is C=CCSC1C(CC)C(=O)N1C(C(=O)O)=C(SC(=O)C(C)(C)C)c1ccc(Cl)cc1. The quantitative estimate of drug-likeness (QED) is 0.308. The number of carboxylic acid groups (broad SMARTS) is 1. The topological polar surface area (TPSA) is 74.7 Å². The molecule has 8 heteroatoms. The molecule has 0 aromatic heterocycles. The van der Waals surface area contributed by atoms with E-state index >= 15 is 0 Å². The molecule has 1 N–H and O–H groups in total. The van der Waals surface area contributed by atoms with Crippen molar-refractivity contribution in [3.63, 3.8) is 0 Å². The molecule has 1 aliphatic rings. The average Bonchev–Trinajstić information content (AvgIpc) is 2.67. The van der Waals surface area contributed by atoms with Gasteiger partial charge in [0.15, 0.2) is 5.12 Å². The van der Waals surface area contributed by atoms with E-state index in [1.165, 1.54) is 16.7 Å². The highest BCUT2D eigenvalue weighted by atomic mass is 35.5. The molecule has 162 valence electrons. The maximum absolute atomic E-state index is 12.9. The molecule has 5 nitrogen and oxygen atoms in total. The molecule has 1 aromatic carbocycles. The van der Waals surface area contributed by atoms with Gasteiger partial charge in [-0.05, 0) is 35.9 Å². The first-order valence-electron chi connectivity index (χ1n) is 9.54. The Balaban J connectivity index is 2.64. The van der Waals surface area contributed by atoms with Crippen molar-refractivity contribution in [1.29, 1.82) is 0 Å². The van der Waals surface area contributed by atoms with Crippen molar-refractivity contribution in [2.45, 2.75) is 39.5 Å². The number of aliphatic carboxylic acids is 1. The lowest BCUT2D eigenvalue weighted by molar-refractivity contribution is -0.152. The standard InChI is InChI=1S/C22H26ClNO4S2/c1-6-12-29-19-15(7-2)18(25)24(19)16(20(26)27)17(30-21(28)22(3,4)5)13-8-10-14(23)11-9-13/h6,8-11,15,19H,1,7,12H2,2-5H3,(H,26,27). The van der Waals surface area contributed by atoms with E-state index in [0.29, 0.717) is 22.8 Å². The van der Waals surface area contributed by atoms with Crippen LogP contribution in [0, 0.1) is 11.3 Å². The van der Waals surface area contributed by atoms with E-state index in [9.17, 15) is 19.5 Å².